The number of aromatic nitrogens is 2. The Bertz CT molecular complexity index is 641. The Morgan fingerprint density at radius 2 is 1.76 bits per heavy atom. The molecule has 0 saturated carbocycles. The molecule has 5 heteroatoms. The van der Waals surface area contributed by atoms with Gasteiger partial charge in [-0.2, -0.15) is 0 Å². The lowest BCUT2D eigenvalue weighted by Crippen LogP contribution is -2.12. The summed E-state index contributed by atoms with van der Waals surface area (Å²) in [6.45, 7) is 3.73. The summed E-state index contributed by atoms with van der Waals surface area (Å²) in [4.78, 5) is 17.0. The van der Waals surface area contributed by atoms with Crippen LogP contribution in [0.4, 0.5) is 0 Å². The molecule has 2 aromatic rings. The van der Waals surface area contributed by atoms with Gasteiger partial charge in [-0.15, -0.1) is 0 Å². The first kappa shape index (κ1) is 11.6. The standard InChI is InChI=1S/C12H12N2O2S/c1-7-3-5-9(6-4-7)16-10-8(2)13-12(17)14-11(10)15/h3-6H,1-2H3,(H2,13,14,15,17). The first-order chi connectivity index (χ1) is 8.06. The van der Waals surface area contributed by atoms with E-state index in [1.54, 1.807) is 6.92 Å². The highest BCUT2D eigenvalue weighted by Gasteiger charge is 2.07. The molecule has 1 aromatic heterocycles. The molecule has 0 bridgehead atoms. The molecule has 2 N–H and O–H groups in total. The maximum absolute atomic E-state index is 11.7. The molecule has 0 aliphatic carbocycles. The molecular formula is C12H12N2O2S. The summed E-state index contributed by atoms with van der Waals surface area (Å²) in [6, 6.07) is 7.47. The van der Waals surface area contributed by atoms with Crippen LogP contribution in [0.1, 0.15) is 11.3 Å². The second-order valence-corrected chi connectivity index (χ2v) is 4.19. The first-order valence-electron chi connectivity index (χ1n) is 5.14. The second kappa shape index (κ2) is 4.55. The number of ether oxygens (including phenoxy) is 1. The van der Waals surface area contributed by atoms with Gasteiger partial charge in [-0.05, 0) is 38.2 Å². The summed E-state index contributed by atoms with van der Waals surface area (Å²) in [7, 11) is 0. The number of nitrogens with one attached hydrogen (secondary N) is 2. The maximum atomic E-state index is 11.7. The molecule has 4 nitrogen and oxygen atoms in total. The predicted molar refractivity (Wildman–Crippen MR) is 68.2 cm³/mol. The number of benzene rings is 1. The summed E-state index contributed by atoms with van der Waals surface area (Å²) in [6.07, 6.45) is 0. The first-order valence-corrected chi connectivity index (χ1v) is 5.55. The van der Waals surface area contributed by atoms with Crippen LogP contribution >= 0.6 is 12.2 Å². The van der Waals surface area contributed by atoms with Gasteiger partial charge in [0.25, 0.3) is 5.56 Å². The molecule has 0 fully saturated rings. The quantitative estimate of drug-likeness (QED) is 0.803. The van der Waals surface area contributed by atoms with Gasteiger partial charge in [0.1, 0.15) is 5.75 Å². The van der Waals surface area contributed by atoms with E-state index in [0.29, 0.717) is 16.2 Å². The van der Waals surface area contributed by atoms with E-state index in [4.69, 9.17) is 17.0 Å². The van der Waals surface area contributed by atoms with Gasteiger partial charge in [-0.1, -0.05) is 17.7 Å². The molecule has 1 heterocycles. The Morgan fingerprint density at radius 1 is 1.12 bits per heavy atom. The molecule has 0 aliphatic rings. The number of aromatic amines is 2. The molecule has 0 atom stereocenters. The van der Waals surface area contributed by atoms with Crippen molar-refractivity contribution in [2.45, 2.75) is 13.8 Å². The van der Waals surface area contributed by atoms with Crippen LogP contribution in [-0.4, -0.2) is 9.97 Å². The minimum Gasteiger partial charge on any atom is -0.450 e. The van der Waals surface area contributed by atoms with Crippen LogP contribution in [0.15, 0.2) is 29.1 Å². The highest BCUT2D eigenvalue weighted by molar-refractivity contribution is 7.71. The van der Waals surface area contributed by atoms with Crippen LogP contribution < -0.4 is 10.3 Å². The van der Waals surface area contributed by atoms with Crippen molar-refractivity contribution in [1.82, 2.24) is 9.97 Å². The van der Waals surface area contributed by atoms with Crippen molar-refractivity contribution in [2.24, 2.45) is 0 Å². The van der Waals surface area contributed by atoms with Gasteiger partial charge in [0, 0.05) is 0 Å². The third-order valence-electron chi connectivity index (χ3n) is 2.32. The fourth-order valence-corrected chi connectivity index (χ4v) is 1.68. The van der Waals surface area contributed by atoms with Crippen LogP contribution in [0.25, 0.3) is 0 Å². The van der Waals surface area contributed by atoms with Crippen molar-refractivity contribution in [2.75, 3.05) is 0 Å². The van der Waals surface area contributed by atoms with Gasteiger partial charge < -0.3 is 9.72 Å². The highest BCUT2D eigenvalue weighted by atomic mass is 32.1. The smallest absolute Gasteiger partial charge is 0.294 e. The van der Waals surface area contributed by atoms with Crippen LogP contribution in [0.5, 0.6) is 11.5 Å². The van der Waals surface area contributed by atoms with Gasteiger partial charge >= 0.3 is 0 Å². The largest absolute Gasteiger partial charge is 0.450 e. The Morgan fingerprint density at radius 3 is 2.35 bits per heavy atom. The molecule has 2 rings (SSSR count). The van der Waals surface area contributed by atoms with Gasteiger partial charge in [0.15, 0.2) is 4.77 Å². The number of H-pyrrole nitrogens is 2. The average Bonchev–Trinajstić information content (AvgIpc) is 2.26. The maximum Gasteiger partial charge on any atom is 0.294 e. The predicted octanol–water partition coefficient (Wildman–Crippen LogP) is 2.84. The fraction of sp³-hybridized carbons (Fsp3) is 0.167. The summed E-state index contributed by atoms with van der Waals surface area (Å²) < 4.78 is 5.82. The molecule has 0 saturated heterocycles. The van der Waals surface area contributed by atoms with Crippen LogP contribution in [0, 0.1) is 18.6 Å². The molecule has 17 heavy (non-hydrogen) atoms. The highest BCUT2D eigenvalue weighted by Crippen LogP contribution is 2.19. The zero-order valence-corrected chi connectivity index (χ0v) is 10.4. The minimum atomic E-state index is -0.327. The van der Waals surface area contributed by atoms with Crippen molar-refractivity contribution in [3.05, 3.63) is 50.6 Å². The van der Waals surface area contributed by atoms with Crippen molar-refractivity contribution < 1.29 is 4.74 Å². The fourth-order valence-electron chi connectivity index (χ4n) is 1.44. The number of aryl methyl sites for hydroxylation is 2. The molecule has 0 radical (unpaired) electrons. The topological polar surface area (TPSA) is 57.9 Å². The SMILES string of the molecule is Cc1ccc(Oc2c(C)[nH]c(=S)[nH]c2=O)cc1. The van der Waals surface area contributed by atoms with E-state index >= 15 is 0 Å². The Hall–Kier alpha value is -1.88. The van der Waals surface area contributed by atoms with Crippen molar-refractivity contribution in [3.8, 4) is 11.5 Å². The molecule has 0 spiro atoms. The van der Waals surface area contributed by atoms with Crippen LogP contribution in [0.3, 0.4) is 0 Å². The molecule has 1 aromatic carbocycles. The molecule has 0 unspecified atom stereocenters. The van der Waals surface area contributed by atoms with Gasteiger partial charge in [-0.25, -0.2) is 0 Å². The zero-order chi connectivity index (χ0) is 12.4. The van der Waals surface area contributed by atoms with Crippen molar-refractivity contribution >= 4 is 12.2 Å². The number of hydrogen-bond donors (Lipinski definition) is 2. The van der Waals surface area contributed by atoms with E-state index in [2.05, 4.69) is 9.97 Å². The van der Waals surface area contributed by atoms with E-state index < -0.39 is 0 Å². The Labute approximate surface area is 103 Å². The Kier molecular flexibility index (Phi) is 3.10. The van der Waals surface area contributed by atoms with Crippen LogP contribution in [0.2, 0.25) is 0 Å². The van der Waals surface area contributed by atoms with Gasteiger partial charge in [0.05, 0.1) is 5.69 Å². The lowest BCUT2D eigenvalue weighted by Gasteiger charge is -2.07. The van der Waals surface area contributed by atoms with E-state index in [0.717, 1.165) is 5.56 Å². The summed E-state index contributed by atoms with van der Waals surface area (Å²) in [5, 5.41) is 0. The minimum absolute atomic E-state index is 0.238. The van der Waals surface area contributed by atoms with E-state index in [1.807, 2.05) is 31.2 Å². The van der Waals surface area contributed by atoms with E-state index in [1.165, 1.54) is 0 Å². The van der Waals surface area contributed by atoms with Crippen molar-refractivity contribution in [1.29, 1.82) is 0 Å². The lowest BCUT2D eigenvalue weighted by atomic mass is 10.2. The summed E-state index contributed by atoms with van der Waals surface area (Å²) >= 11 is 4.86. The zero-order valence-electron chi connectivity index (χ0n) is 9.53. The third kappa shape index (κ3) is 2.62. The molecular weight excluding hydrogens is 236 g/mol. The number of hydrogen-bond acceptors (Lipinski definition) is 3. The summed E-state index contributed by atoms with van der Waals surface area (Å²) in [5.74, 6) is 0.858. The van der Waals surface area contributed by atoms with E-state index in [9.17, 15) is 4.79 Å². The van der Waals surface area contributed by atoms with Crippen LogP contribution in [-0.2, 0) is 0 Å². The normalized spacial score (nSPS) is 10.2. The number of rotatable bonds is 2. The average molecular weight is 248 g/mol. The van der Waals surface area contributed by atoms with E-state index in [-0.39, 0.29) is 11.3 Å². The van der Waals surface area contributed by atoms with Crippen molar-refractivity contribution in [3.63, 3.8) is 0 Å². The Balaban J connectivity index is 2.40. The lowest BCUT2D eigenvalue weighted by molar-refractivity contribution is 0.466. The summed E-state index contributed by atoms with van der Waals surface area (Å²) in [5.41, 5.74) is 1.42. The molecule has 0 aliphatic heterocycles. The second-order valence-electron chi connectivity index (χ2n) is 3.78. The molecule has 0 amide bonds. The van der Waals surface area contributed by atoms with Gasteiger partial charge in [0.2, 0.25) is 5.75 Å². The monoisotopic (exact) mass is 248 g/mol. The van der Waals surface area contributed by atoms with Gasteiger partial charge in [-0.3, -0.25) is 9.78 Å². The third-order valence-corrected chi connectivity index (χ3v) is 2.52. The molecule has 88 valence electrons.